The van der Waals surface area contributed by atoms with Crippen LogP contribution in [0.3, 0.4) is 0 Å². The molecular weight excluding hydrogens is 841 g/mol. The Balaban J connectivity index is 0.969. The molecule has 66 heavy (non-hydrogen) atoms. The van der Waals surface area contributed by atoms with Gasteiger partial charge in [-0.1, -0.05) is 62.4 Å². The monoisotopic (exact) mass is 896 g/mol. The van der Waals surface area contributed by atoms with E-state index in [0.717, 1.165) is 68.3 Å². The van der Waals surface area contributed by atoms with Crippen molar-refractivity contribution in [3.8, 4) is 28.1 Å². The first-order chi connectivity index (χ1) is 32.0. The van der Waals surface area contributed by atoms with E-state index < -0.39 is 24.3 Å². The second kappa shape index (κ2) is 18.5. The molecule has 0 saturated carbocycles. The lowest BCUT2D eigenvalue weighted by Crippen LogP contribution is -2.52. The van der Waals surface area contributed by atoms with E-state index in [9.17, 15) is 19.2 Å². The van der Waals surface area contributed by atoms with Gasteiger partial charge in [0.15, 0.2) is 0 Å². The number of benzene rings is 4. The highest BCUT2D eigenvalue weighted by Crippen LogP contribution is 2.44. The number of ether oxygens (including phenoxy) is 4. The van der Waals surface area contributed by atoms with Crippen molar-refractivity contribution in [2.75, 3.05) is 34.0 Å². The summed E-state index contributed by atoms with van der Waals surface area (Å²) in [5.41, 5.74) is 7.11. The maximum atomic E-state index is 14.3. The van der Waals surface area contributed by atoms with Crippen LogP contribution < -0.4 is 15.4 Å². The quantitative estimate of drug-likeness (QED) is 0.0933. The predicted molar refractivity (Wildman–Crippen MR) is 247 cm³/mol. The summed E-state index contributed by atoms with van der Waals surface area (Å²) in [6.07, 6.45) is 2.68. The molecule has 6 aromatic rings. The maximum Gasteiger partial charge on any atom is 0.407 e. The second-order valence-electron chi connectivity index (χ2n) is 17.8. The summed E-state index contributed by atoms with van der Waals surface area (Å²) in [7, 11) is 2.93. The van der Waals surface area contributed by atoms with Crippen LogP contribution in [0, 0.1) is 11.8 Å². The third kappa shape index (κ3) is 8.41. The number of carbonyl (C=O) groups is 4. The number of hydrogen-bond acceptors (Lipinski definition) is 10. The molecule has 0 bridgehead atoms. The number of nitrogens with one attached hydrogen (secondary N) is 4. The van der Waals surface area contributed by atoms with Crippen molar-refractivity contribution in [3.63, 3.8) is 0 Å². The number of H-pyrrole nitrogens is 2. The standard InChI is InChI=1S/C50H56N8O8/c1-7-65-50(62)55-42(27(2)3)48(60)58-28(4)13-18-39(58)46-52-37-17-15-31-21-36-34-16-14-32(20-33(34)26-66-41(36)22-35(31)44(37)54-46)38-23-51-45(53-38)40-19-29(25-63-5)24-57(40)47(59)43(56-49(61)64-6)30-11-9-8-10-12-30/h8-12,14-17,20-23,27-29,39-40,42-43H,7,13,18-19,24-26H2,1-6H3,(H,51,53)(H,52,54)(H,55,62)(H,56,61)/t28-,29-,39-,40-,42-,43+/m0/s1. The number of fused-ring (bicyclic) bond motifs is 6. The fourth-order valence-electron chi connectivity index (χ4n) is 9.95. The molecule has 4 N–H and O–H groups in total. The number of alkyl carbamates (subject to hydrolysis) is 2. The summed E-state index contributed by atoms with van der Waals surface area (Å²) in [6.45, 7) is 9.10. The number of aromatic amines is 2. The summed E-state index contributed by atoms with van der Waals surface area (Å²) >= 11 is 0. The zero-order valence-electron chi connectivity index (χ0n) is 38.1. The normalized spacial score (nSPS) is 19.9. The van der Waals surface area contributed by atoms with Crippen molar-refractivity contribution in [1.82, 2.24) is 40.4 Å². The van der Waals surface area contributed by atoms with E-state index in [0.29, 0.717) is 43.4 Å². The van der Waals surface area contributed by atoms with Gasteiger partial charge >= 0.3 is 12.2 Å². The van der Waals surface area contributed by atoms with Crippen LogP contribution in [0.4, 0.5) is 9.59 Å². The number of methoxy groups -OCH3 is 2. The molecule has 4 amide bonds. The van der Waals surface area contributed by atoms with Gasteiger partial charge in [-0.05, 0) is 90.9 Å². The smallest absolute Gasteiger partial charge is 0.407 e. The number of carbonyl (C=O) groups excluding carboxylic acids is 4. The lowest BCUT2D eigenvalue weighted by atomic mass is 9.92. The minimum Gasteiger partial charge on any atom is -0.488 e. The minimum atomic E-state index is -0.948. The summed E-state index contributed by atoms with van der Waals surface area (Å²) in [5.74, 6) is 1.63. The van der Waals surface area contributed by atoms with Crippen LogP contribution in [-0.2, 0) is 30.4 Å². The molecule has 0 unspecified atom stereocenters. The highest BCUT2D eigenvalue weighted by atomic mass is 16.5. The summed E-state index contributed by atoms with van der Waals surface area (Å²) in [6, 6.07) is 21.4. The molecule has 2 aromatic heterocycles. The number of rotatable bonds is 12. The topological polar surface area (TPSA) is 193 Å². The second-order valence-corrected chi connectivity index (χ2v) is 17.8. The van der Waals surface area contributed by atoms with E-state index in [4.69, 9.17) is 28.9 Å². The Hall–Kier alpha value is -6.94. The van der Waals surface area contributed by atoms with E-state index >= 15 is 0 Å². The Morgan fingerprint density at radius 2 is 1.71 bits per heavy atom. The first-order valence-corrected chi connectivity index (χ1v) is 22.7. The van der Waals surface area contributed by atoms with Gasteiger partial charge in [0.1, 0.15) is 36.1 Å². The lowest BCUT2D eigenvalue weighted by molar-refractivity contribution is -0.137. The summed E-state index contributed by atoms with van der Waals surface area (Å²) in [5, 5.41) is 7.51. The SMILES string of the molecule is CCOC(=O)N[C@H](C(=O)N1[C@@H](C)CC[C@H]1c1nc2ccc3cc4c(cc3c2[nH]1)OCc1cc(-c2cnc([C@@H]3C[C@H](COC)CN3C(=O)[C@H](NC(=O)OC)c3ccccc3)[nH]2)ccc1-4)C(C)C. The van der Waals surface area contributed by atoms with Gasteiger partial charge in [-0.15, -0.1) is 0 Å². The zero-order valence-corrected chi connectivity index (χ0v) is 38.1. The molecular formula is C50H56N8O8. The van der Waals surface area contributed by atoms with Crippen LogP contribution in [-0.4, -0.2) is 99.8 Å². The Bertz CT molecular complexity index is 2790. The molecule has 3 aliphatic rings. The van der Waals surface area contributed by atoms with Crippen molar-refractivity contribution in [2.45, 2.75) is 83.8 Å². The van der Waals surface area contributed by atoms with Crippen LogP contribution in [0.25, 0.3) is 44.2 Å². The molecule has 16 heteroatoms. The van der Waals surface area contributed by atoms with Crippen LogP contribution in [0.5, 0.6) is 5.75 Å². The molecule has 344 valence electrons. The number of nitrogens with zero attached hydrogens (tertiary/aromatic N) is 4. The van der Waals surface area contributed by atoms with Crippen molar-refractivity contribution in [1.29, 1.82) is 0 Å². The third-order valence-corrected chi connectivity index (χ3v) is 13.2. The van der Waals surface area contributed by atoms with Gasteiger partial charge in [0.25, 0.3) is 5.91 Å². The minimum absolute atomic E-state index is 0.0346. The molecule has 0 aliphatic carbocycles. The summed E-state index contributed by atoms with van der Waals surface area (Å²) in [4.78, 5) is 73.9. The van der Waals surface area contributed by atoms with Gasteiger partial charge in [0.05, 0.1) is 55.3 Å². The van der Waals surface area contributed by atoms with E-state index in [-0.39, 0.29) is 48.4 Å². The van der Waals surface area contributed by atoms with Gasteiger partial charge in [-0.2, -0.15) is 0 Å². The van der Waals surface area contributed by atoms with E-state index in [1.807, 2.05) is 62.1 Å². The summed E-state index contributed by atoms with van der Waals surface area (Å²) < 4.78 is 22.0. The van der Waals surface area contributed by atoms with Crippen LogP contribution in [0.15, 0.2) is 79.0 Å². The Kier molecular flexibility index (Phi) is 12.4. The van der Waals surface area contributed by atoms with Gasteiger partial charge in [-0.25, -0.2) is 19.6 Å². The number of imidazole rings is 2. The van der Waals surface area contributed by atoms with E-state index in [1.165, 1.54) is 7.11 Å². The zero-order chi connectivity index (χ0) is 46.2. The van der Waals surface area contributed by atoms with Gasteiger partial charge in [-0.3, -0.25) is 9.59 Å². The predicted octanol–water partition coefficient (Wildman–Crippen LogP) is 8.12. The van der Waals surface area contributed by atoms with Crippen molar-refractivity contribution in [3.05, 3.63) is 102 Å². The molecule has 4 aromatic carbocycles. The molecule has 3 aliphatic heterocycles. The number of aromatic nitrogens is 4. The van der Waals surface area contributed by atoms with Gasteiger partial charge in [0.2, 0.25) is 5.91 Å². The van der Waals surface area contributed by atoms with Gasteiger partial charge in [0, 0.05) is 36.6 Å². The molecule has 9 rings (SSSR count). The highest BCUT2D eigenvalue weighted by Gasteiger charge is 2.43. The maximum absolute atomic E-state index is 14.3. The van der Waals surface area contributed by atoms with Crippen molar-refractivity contribution in [2.24, 2.45) is 11.8 Å². The lowest BCUT2D eigenvalue weighted by Gasteiger charge is -2.33. The Labute approximate surface area is 382 Å². The van der Waals surface area contributed by atoms with E-state index in [2.05, 4.69) is 57.0 Å². The highest BCUT2D eigenvalue weighted by molar-refractivity contribution is 6.07. The number of amides is 4. The van der Waals surface area contributed by atoms with Crippen molar-refractivity contribution >= 4 is 45.8 Å². The van der Waals surface area contributed by atoms with Crippen LogP contribution >= 0.6 is 0 Å². The number of hydrogen-bond donors (Lipinski definition) is 4. The molecule has 0 radical (unpaired) electrons. The first-order valence-electron chi connectivity index (χ1n) is 22.7. The molecule has 16 nitrogen and oxygen atoms in total. The van der Waals surface area contributed by atoms with E-state index in [1.54, 1.807) is 25.1 Å². The van der Waals surface area contributed by atoms with Crippen LogP contribution in [0.1, 0.15) is 87.9 Å². The molecule has 6 atom stereocenters. The fourth-order valence-corrected chi connectivity index (χ4v) is 9.95. The largest absolute Gasteiger partial charge is 0.488 e. The molecule has 2 saturated heterocycles. The van der Waals surface area contributed by atoms with Gasteiger partial charge < -0.3 is 49.3 Å². The van der Waals surface area contributed by atoms with Crippen LogP contribution in [0.2, 0.25) is 0 Å². The fraction of sp³-hybridized carbons (Fsp3) is 0.400. The average molecular weight is 897 g/mol. The molecule has 5 heterocycles. The number of likely N-dealkylation sites (tertiary alicyclic amines) is 2. The Morgan fingerprint density at radius 1 is 0.894 bits per heavy atom. The molecule has 0 spiro atoms. The molecule has 2 fully saturated rings. The average Bonchev–Trinajstić information content (AvgIpc) is 4.15. The first kappa shape index (κ1) is 44.3. The Morgan fingerprint density at radius 3 is 2.47 bits per heavy atom. The third-order valence-electron chi connectivity index (χ3n) is 13.2. The van der Waals surface area contributed by atoms with Crippen molar-refractivity contribution < 1.29 is 38.1 Å².